The van der Waals surface area contributed by atoms with E-state index in [2.05, 4.69) is 39.9 Å². The number of aromatic nitrogens is 2. The molecule has 1 aromatic heterocycles. The van der Waals surface area contributed by atoms with E-state index in [1.165, 1.54) is 0 Å². The summed E-state index contributed by atoms with van der Waals surface area (Å²) in [7, 11) is 0. The van der Waals surface area contributed by atoms with E-state index < -0.39 is 0 Å². The van der Waals surface area contributed by atoms with E-state index >= 15 is 0 Å². The van der Waals surface area contributed by atoms with Crippen LogP contribution in [0, 0.1) is 5.92 Å². The summed E-state index contributed by atoms with van der Waals surface area (Å²) in [4.78, 5) is 4.38. The molecular weight excluding hydrogens is 306 g/mol. The average Bonchev–Trinajstić information content (AvgIpc) is 2.88. The Balaban J connectivity index is 2.07. The predicted molar refractivity (Wildman–Crippen MR) is 77.6 cm³/mol. The molecule has 1 aromatic carbocycles. The maximum Gasteiger partial charge on any atom is 0.243 e. The Kier molecular flexibility index (Phi) is 4.71. The van der Waals surface area contributed by atoms with Crippen molar-refractivity contribution in [2.24, 2.45) is 11.7 Å². The smallest absolute Gasteiger partial charge is 0.243 e. The van der Waals surface area contributed by atoms with Gasteiger partial charge in [0.25, 0.3) is 0 Å². The lowest BCUT2D eigenvalue weighted by atomic mass is 10.0. The molecule has 0 aliphatic heterocycles. The van der Waals surface area contributed by atoms with Gasteiger partial charge in [-0.1, -0.05) is 53.5 Å². The molecule has 2 N–H and O–H groups in total. The number of halogens is 1. The Morgan fingerprint density at radius 1 is 1.32 bits per heavy atom. The molecule has 0 aliphatic rings. The molecule has 2 rings (SSSR count). The molecule has 0 saturated heterocycles. The van der Waals surface area contributed by atoms with Crippen molar-refractivity contribution in [2.45, 2.75) is 32.7 Å². The molecule has 2 atom stereocenters. The molecule has 19 heavy (non-hydrogen) atoms. The first-order valence-electron chi connectivity index (χ1n) is 6.42. The van der Waals surface area contributed by atoms with E-state index in [0.717, 1.165) is 16.5 Å². The molecule has 1 heterocycles. The van der Waals surface area contributed by atoms with Gasteiger partial charge in [-0.15, -0.1) is 0 Å². The van der Waals surface area contributed by atoms with Crippen molar-refractivity contribution in [3.63, 3.8) is 0 Å². The molecule has 2 unspecified atom stereocenters. The van der Waals surface area contributed by atoms with E-state index in [9.17, 15) is 0 Å². The van der Waals surface area contributed by atoms with Crippen molar-refractivity contribution in [1.29, 1.82) is 0 Å². The van der Waals surface area contributed by atoms with Gasteiger partial charge >= 0.3 is 0 Å². The Hall–Kier alpha value is -1.20. The van der Waals surface area contributed by atoms with Gasteiger partial charge in [0.15, 0.2) is 5.82 Å². The summed E-state index contributed by atoms with van der Waals surface area (Å²) in [5.41, 5.74) is 7.22. The number of hydrogen-bond donors (Lipinski definition) is 1. The van der Waals surface area contributed by atoms with Crippen LogP contribution in [0.2, 0.25) is 0 Å². The molecular formula is C14H18BrN3O. The lowest BCUT2D eigenvalue weighted by Gasteiger charge is -2.12. The van der Waals surface area contributed by atoms with Crippen LogP contribution in [-0.2, 0) is 6.42 Å². The van der Waals surface area contributed by atoms with E-state index in [-0.39, 0.29) is 6.04 Å². The number of nitrogens with two attached hydrogens (primary N) is 1. The maximum absolute atomic E-state index is 6.07. The highest BCUT2D eigenvalue weighted by Gasteiger charge is 2.19. The molecule has 0 radical (unpaired) electrons. The lowest BCUT2D eigenvalue weighted by molar-refractivity contribution is 0.310. The van der Waals surface area contributed by atoms with Gasteiger partial charge in [-0.2, -0.15) is 4.98 Å². The van der Waals surface area contributed by atoms with Crippen molar-refractivity contribution in [3.05, 3.63) is 46.0 Å². The normalized spacial score (nSPS) is 14.3. The number of nitrogens with zero attached hydrogens (tertiary/aromatic N) is 2. The lowest BCUT2D eigenvalue weighted by Crippen LogP contribution is -2.18. The highest BCUT2D eigenvalue weighted by molar-refractivity contribution is 9.10. The average molecular weight is 324 g/mol. The second-order valence-electron chi connectivity index (χ2n) is 4.76. The summed E-state index contributed by atoms with van der Waals surface area (Å²) in [6.45, 7) is 4.19. The number of rotatable bonds is 5. The van der Waals surface area contributed by atoms with Crippen LogP contribution in [-0.4, -0.2) is 10.1 Å². The summed E-state index contributed by atoms with van der Waals surface area (Å²) < 4.78 is 6.31. The van der Waals surface area contributed by atoms with E-state index in [4.69, 9.17) is 10.3 Å². The molecule has 102 valence electrons. The Morgan fingerprint density at radius 3 is 2.63 bits per heavy atom. The fraction of sp³-hybridized carbons (Fsp3) is 0.429. The van der Waals surface area contributed by atoms with E-state index in [1.54, 1.807) is 0 Å². The van der Waals surface area contributed by atoms with Crippen LogP contribution >= 0.6 is 15.9 Å². The maximum atomic E-state index is 6.07. The second-order valence-corrected chi connectivity index (χ2v) is 5.68. The summed E-state index contributed by atoms with van der Waals surface area (Å²) in [6.07, 6.45) is 1.65. The SMILES string of the molecule is CCC(C)C(N)c1nc(Cc2ccc(Br)cc2)no1. The topological polar surface area (TPSA) is 64.9 Å². The van der Waals surface area contributed by atoms with Gasteiger partial charge in [0.05, 0.1) is 6.04 Å². The molecule has 0 bridgehead atoms. The van der Waals surface area contributed by atoms with Crippen molar-refractivity contribution < 1.29 is 4.52 Å². The van der Waals surface area contributed by atoms with Crippen molar-refractivity contribution in [2.75, 3.05) is 0 Å². The zero-order valence-corrected chi connectivity index (χ0v) is 12.7. The van der Waals surface area contributed by atoms with Gasteiger partial charge in [-0.3, -0.25) is 0 Å². The van der Waals surface area contributed by atoms with Gasteiger partial charge in [-0.05, 0) is 23.6 Å². The third-order valence-corrected chi connectivity index (χ3v) is 3.83. The van der Waals surface area contributed by atoms with Crippen molar-refractivity contribution >= 4 is 15.9 Å². The van der Waals surface area contributed by atoms with Crippen LogP contribution in [0.3, 0.4) is 0 Å². The van der Waals surface area contributed by atoms with Crippen LogP contribution in [0.15, 0.2) is 33.3 Å². The Bertz CT molecular complexity index is 524. The van der Waals surface area contributed by atoms with E-state index in [1.807, 2.05) is 24.3 Å². The van der Waals surface area contributed by atoms with Crippen molar-refractivity contribution in [1.82, 2.24) is 10.1 Å². The number of hydrogen-bond acceptors (Lipinski definition) is 4. The van der Waals surface area contributed by atoms with Gasteiger partial charge in [-0.25, -0.2) is 0 Å². The standard InChI is InChI=1S/C14H18BrN3O/c1-3-9(2)13(16)14-17-12(18-19-14)8-10-4-6-11(15)7-5-10/h4-7,9,13H,3,8,16H2,1-2H3. The molecule has 5 heteroatoms. The fourth-order valence-corrected chi connectivity index (χ4v) is 2.02. The third kappa shape index (κ3) is 3.64. The molecule has 0 amide bonds. The minimum atomic E-state index is -0.184. The van der Waals surface area contributed by atoms with Gasteiger partial charge in [0.2, 0.25) is 5.89 Å². The zero-order chi connectivity index (χ0) is 13.8. The quantitative estimate of drug-likeness (QED) is 0.914. The Labute approximate surface area is 121 Å². The molecule has 0 fully saturated rings. The minimum Gasteiger partial charge on any atom is -0.338 e. The van der Waals surface area contributed by atoms with Crippen LogP contribution in [0.25, 0.3) is 0 Å². The first kappa shape index (κ1) is 14.2. The molecule has 0 aliphatic carbocycles. The summed E-state index contributed by atoms with van der Waals surface area (Å²) in [5, 5.41) is 3.99. The van der Waals surface area contributed by atoms with Crippen molar-refractivity contribution in [3.8, 4) is 0 Å². The molecule has 4 nitrogen and oxygen atoms in total. The predicted octanol–water partition coefficient (Wildman–Crippen LogP) is 3.47. The largest absolute Gasteiger partial charge is 0.338 e. The van der Waals surface area contributed by atoms with Crippen LogP contribution < -0.4 is 5.73 Å². The molecule has 0 spiro atoms. The number of benzene rings is 1. The van der Waals surface area contributed by atoms with E-state index in [0.29, 0.717) is 24.1 Å². The van der Waals surface area contributed by atoms with Crippen LogP contribution in [0.1, 0.15) is 43.6 Å². The first-order chi connectivity index (χ1) is 9.10. The van der Waals surface area contributed by atoms with Crippen LogP contribution in [0.4, 0.5) is 0 Å². The zero-order valence-electron chi connectivity index (χ0n) is 11.1. The second kappa shape index (κ2) is 6.30. The van der Waals surface area contributed by atoms with Gasteiger partial charge < -0.3 is 10.3 Å². The van der Waals surface area contributed by atoms with Crippen LogP contribution in [0.5, 0.6) is 0 Å². The summed E-state index contributed by atoms with van der Waals surface area (Å²) >= 11 is 3.41. The highest BCUT2D eigenvalue weighted by atomic mass is 79.9. The van der Waals surface area contributed by atoms with Gasteiger partial charge in [0.1, 0.15) is 0 Å². The fourth-order valence-electron chi connectivity index (χ4n) is 1.76. The van der Waals surface area contributed by atoms with Gasteiger partial charge in [0, 0.05) is 10.9 Å². The monoisotopic (exact) mass is 323 g/mol. The summed E-state index contributed by atoms with van der Waals surface area (Å²) in [6, 6.07) is 7.89. The molecule has 2 aromatic rings. The third-order valence-electron chi connectivity index (χ3n) is 3.30. The first-order valence-corrected chi connectivity index (χ1v) is 7.22. The molecule has 0 saturated carbocycles. The Morgan fingerprint density at radius 2 is 2.00 bits per heavy atom. The summed E-state index contributed by atoms with van der Waals surface area (Å²) in [5.74, 6) is 1.54. The highest BCUT2D eigenvalue weighted by Crippen LogP contribution is 2.20. The minimum absolute atomic E-state index is 0.184.